The van der Waals surface area contributed by atoms with Gasteiger partial charge < -0.3 is 15.6 Å². The Morgan fingerprint density at radius 1 is 0.912 bits per heavy atom. The van der Waals surface area contributed by atoms with Gasteiger partial charge in [0.05, 0.1) is 23.5 Å². The van der Waals surface area contributed by atoms with Gasteiger partial charge in [-0.1, -0.05) is 65.8 Å². The fourth-order valence-electron chi connectivity index (χ4n) is 3.99. The molecule has 3 aromatic heterocycles. The number of H-pyrrole nitrogens is 1. The molecule has 1 aliphatic rings. The highest BCUT2D eigenvalue weighted by molar-refractivity contribution is 5.86. The van der Waals surface area contributed by atoms with Crippen LogP contribution in [-0.4, -0.2) is 25.3 Å². The Labute approximate surface area is 196 Å². The van der Waals surface area contributed by atoms with Crippen molar-refractivity contribution in [1.29, 1.82) is 0 Å². The van der Waals surface area contributed by atoms with E-state index >= 15 is 0 Å². The fourth-order valence-corrected chi connectivity index (χ4v) is 3.99. The van der Waals surface area contributed by atoms with Crippen molar-refractivity contribution in [2.24, 2.45) is 0 Å². The number of anilines is 2. The molecule has 168 valence electrons. The average molecular weight is 450 g/mol. The molecule has 1 aliphatic carbocycles. The van der Waals surface area contributed by atoms with E-state index in [-0.39, 0.29) is 0 Å². The monoisotopic (exact) mass is 449 g/mol. The number of nitrogens with two attached hydrogens (primary N) is 1. The van der Waals surface area contributed by atoms with E-state index in [9.17, 15) is 0 Å². The molecule has 0 unspecified atom stereocenters. The van der Waals surface area contributed by atoms with Gasteiger partial charge in [-0.05, 0) is 18.9 Å². The third-order valence-electron chi connectivity index (χ3n) is 5.90. The summed E-state index contributed by atoms with van der Waals surface area (Å²) in [5, 5.41) is 15.1. The second-order valence-electron chi connectivity index (χ2n) is 8.40. The molecule has 0 atom stereocenters. The molecule has 5 aromatic rings. The zero-order chi connectivity index (χ0) is 22.9. The second kappa shape index (κ2) is 8.47. The zero-order valence-corrected chi connectivity index (χ0v) is 18.4. The van der Waals surface area contributed by atoms with Crippen molar-refractivity contribution in [3.05, 3.63) is 84.3 Å². The average Bonchev–Trinajstić information content (AvgIpc) is 3.42. The minimum atomic E-state index is 0.368. The van der Waals surface area contributed by atoms with Crippen molar-refractivity contribution in [2.75, 3.05) is 11.1 Å². The predicted molar refractivity (Wildman–Crippen MR) is 131 cm³/mol. The number of nitrogens with zero attached hydrogens (tertiary/aromatic N) is 4. The van der Waals surface area contributed by atoms with Crippen molar-refractivity contribution >= 4 is 11.8 Å². The maximum atomic E-state index is 6.46. The summed E-state index contributed by atoms with van der Waals surface area (Å²) in [5.41, 5.74) is 12.5. The molecule has 4 N–H and O–H groups in total. The van der Waals surface area contributed by atoms with E-state index in [1.807, 2.05) is 66.7 Å². The van der Waals surface area contributed by atoms with Gasteiger partial charge in [0.25, 0.3) is 0 Å². The van der Waals surface area contributed by atoms with Gasteiger partial charge in [-0.3, -0.25) is 5.10 Å². The molecule has 0 aliphatic heterocycles. The summed E-state index contributed by atoms with van der Waals surface area (Å²) in [4.78, 5) is 9.34. The van der Waals surface area contributed by atoms with Gasteiger partial charge in [0.2, 0.25) is 5.95 Å². The summed E-state index contributed by atoms with van der Waals surface area (Å²) in [6.07, 6.45) is 2.38. The van der Waals surface area contributed by atoms with Crippen molar-refractivity contribution in [2.45, 2.75) is 25.3 Å². The number of rotatable bonds is 7. The summed E-state index contributed by atoms with van der Waals surface area (Å²) in [5.74, 6) is 2.02. The zero-order valence-electron chi connectivity index (χ0n) is 18.4. The van der Waals surface area contributed by atoms with Gasteiger partial charge in [0.1, 0.15) is 11.5 Å². The number of nitrogen functional groups attached to an aromatic ring is 1. The van der Waals surface area contributed by atoms with Gasteiger partial charge in [0, 0.05) is 28.8 Å². The number of benzene rings is 2. The van der Waals surface area contributed by atoms with Crippen LogP contribution in [0.4, 0.5) is 11.8 Å². The lowest BCUT2D eigenvalue weighted by Crippen LogP contribution is -2.08. The number of hydrogen-bond acceptors (Lipinski definition) is 7. The summed E-state index contributed by atoms with van der Waals surface area (Å²) in [7, 11) is 0. The van der Waals surface area contributed by atoms with Crippen LogP contribution >= 0.6 is 0 Å². The molecular weight excluding hydrogens is 426 g/mol. The minimum absolute atomic E-state index is 0.368. The van der Waals surface area contributed by atoms with Crippen LogP contribution in [0, 0.1) is 0 Å². The molecule has 3 heterocycles. The molecule has 8 heteroatoms. The third-order valence-corrected chi connectivity index (χ3v) is 5.90. The highest BCUT2D eigenvalue weighted by Crippen LogP contribution is 2.41. The molecule has 1 fully saturated rings. The number of aromatic amines is 1. The molecule has 0 saturated heterocycles. The van der Waals surface area contributed by atoms with Gasteiger partial charge in [-0.15, -0.1) is 0 Å². The minimum Gasteiger partial charge on any atom is -0.383 e. The topological polar surface area (TPSA) is 119 Å². The molecule has 34 heavy (non-hydrogen) atoms. The Hall–Kier alpha value is -4.46. The van der Waals surface area contributed by atoms with E-state index in [0.717, 1.165) is 39.5 Å². The molecule has 0 spiro atoms. The van der Waals surface area contributed by atoms with Crippen molar-refractivity contribution < 1.29 is 4.52 Å². The lowest BCUT2D eigenvalue weighted by Gasteiger charge is -2.12. The van der Waals surface area contributed by atoms with Crippen LogP contribution in [0.1, 0.15) is 30.2 Å². The Morgan fingerprint density at radius 3 is 2.38 bits per heavy atom. The Morgan fingerprint density at radius 2 is 1.65 bits per heavy atom. The van der Waals surface area contributed by atoms with Gasteiger partial charge in [0.15, 0.2) is 5.76 Å². The molecule has 1 saturated carbocycles. The van der Waals surface area contributed by atoms with Crippen LogP contribution in [0.5, 0.6) is 0 Å². The highest BCUT2D eigenvalue weighted by Gasteiger charge is 2.27. The molecule has 0 radical (unpaired) electrons. The van der Waals surface area contributed by atoms with Gasteiger partial charge in [-0.25, -0.2) is 4.98 Å². The summed E-state index contributed by atoms with van der Waals surface area (Å²) in [6, 6.07) is 23.8. The van der Waals surface area contributed by atoms with E-state index in [0.29, 0.717) is 30.0 Å². The number of nitrogens with one attached hydrogen (secondary N) is 2. The first-order valence-electron chi connectivity index (χ1n) is 11.3. The maximum Gasteiger partial charge on any atom is 0.225 e. The smallest absolute Gasteiger partial charge is 0.225 e. The third kappa shape index (κ3) is 4.01. The lowest BCUT2D eigenvalue weighted by atomic mass is 10.0. The molecule has 0 amide bonds. The Balaban J connectivity index is 1.31. The first-order chi connectivity index (χ1) is 16.7. The molecule has 2 aromatic carbocycles. The van der Waals surface area contributed by atoms with E-state index < -0.39 is 0 Å². The SMILES string of the molecule is Nc1nc(NCc2cc(-c3ccccc3)no2)nc(-c2ccccc2)c1-c1cc(C2CC2)[nH]n1. The van der Waals surface area contributed by atoms with Crippen LogP contribution in [0.2, 0.25) is 0 Å². The van der Waals surface area contributed by atoms with Crippen LogP contribution in [0.25, 0.3) is 33.8 Å². The standard InChI is InChI=1S/C26H23N7O/c27-25-23(22-14-20(31-32-22)17-11-12-17)24(18-9-5-2-6-10-18)29-26(30-25)28-15-19-13-21(33-34-19)16-7-3-1-4-8-16/h1-10,13-14,17H,11-12,15H2,(H,31,32)(H3,27,28,29,30). The van der Waals surface area contributed by atoms with E-state index in [1.54, 1.807) is 0 Å². The van der Waals surface area contributed by atoms with Crippen molar-refractivity contribution in [3.8, 4) is 33.8 Å². The maximum absolute atomic E-state index is 6.46. The van der Waals surface area contributed by atoms with Crippen LogP contribution in [0.3, 0.4) is 0 Å². The van der Waals surface area contributed by atoms with Crippen LogP contribution in [-0.2, 0) is 6.54 Å². The molecule has 8 nitrogen and oxygen atoms in total. The summed E-state index contributed by atoms with van der Waals surface area (Å²) in [6.45, 7) is 0.376. The lowest BCUT2D eigenvalue weighted by molar-refractivity contribution is 0.390. The molecular formula is C26H23N7O. The Kier molecular flexibility index (Phi) is 5.03. The van der Waals surface area contributed by atoms with Crippen molar-refractivity contribution in [3.63, 3.8) is 0 Å². The fraction of sp³-hybridized carbons (Fsp3) is 0.154. The van der Waals surface area contributed by atoms with Crippen LogP contribution in [0.15, 0.2) is 77.3 Å². The normalized spacial score (nSPS) is 13.2. The molecule has 6 rings (SSSR count). The van der Waals surface area contributed by atoms with Crippen molar-refractivity contribution in [1.82, 2.24) is 25.3 Å². The quantitative estimate of drug-likeness (QED) is 0.310. The first kappa shape index (κ1) is 20.2. The van der Waals surface area contributed by atoms with E-state index in [1.165, 1.54) is 12.8 Å². The first-order valence-corrected chi connectivity index (χ1v) is 11.3. The molecule has 0 bridgehead atoms. The second-order valence-corrected chi connectivity index (χ2v) is 8.40. The summed E-state index contributed by atoms with van der Waals surface area (Å²) >= 11 is 0. The van der Waals surface area contributed by atoms with Gasteiger partial charge >= 0.3 is 0 Å². The largest absolute Gasteiger partial charge is 0.383 e. The Bertz CT molecular complexity index is 1420. The van der Waals surface area contributed by atoms with Gasteiger partial charge in [-0.2, -0.15) is 10.1 Å². The van der Waals surface area contributed by atoms with Crippen LogP contribution < -0.4 is 11.1 Å². The van der Waals surface area contributed by atoms with E-state index in [2.05, 4.69) is 31.7 Å². The van der Waals surface area contributed by atoms with E-state index in [4.69, 9.17) is 15.2 Å². The number of aromatic nitrogens is 5. The number of hydrogen-bond donors (Lipinski definition) is 3. The summed E-state index contributed by atoms with van der Waals surface area (Å²) < 4.78 is 5.50. The predicted octanol–water partition coefficient (Wildman–Crippen LogP) is 5.26. The highest BCUT2D eigenvalue weighted by atomic mass is 16.5.